The lowest BCUT2D eigenvalue weighted by Gasteiger charge is -1.94. The van der Waals surface area contributed by atoms with Gasteiger partial charge in [-0.2, -0.15) is 0 Å². The first-order chi connectivity index (χ1) is 10.3. The Hall–Kier alpha value is -2.40. The maximum Gasteiger partial charge on any atom is 0.231 e. The molecule has 21 heavy (non-hydrogen) atoms. The number of aliphatic imine (C=N–C) groups is 1. The van der Waals surface area contributed by atoms with Crippen LogP contribution in [0.15, 0.2) is 59.6 Å². The fourth-order valence-corrected chi connectivity index (χ4v) is 2.54. The molecule has 1 heterocycles. The summed E-state index contributed by atoms with van der Waals surface area (Å²) in [6.07, 6.45) is 2.41. The zero-order valence-corrected chi connectivity index (χ0v) is 11.9. The van der Waals surface area contributed by atoms with E-state index in [1.807, 2.05) is 18.2 Å². The highest BCUT2D eigenvalue weighted by Crippen LogP contribution is 2.21. The lowest BCUT2D eigenvalue weighted by Crippen LogP contribution is -1.85. The Bertz CT molecular complexity index is 736. The maximum atomic E-state index is 12.8. The molecule has 0 amide bonds. The van der Waals surface area contributed by atoms with Gasteiger partial charge in [0.1, 0.15) is 10.8 Å². The molecule has 1 aromatic heterocycles. The number of nitrogens with zero attached hydrogens (tertiary/aromatic N) is 3. The van der Waals surface area contributed by atoms with E-state index < -0.39 is 0 Å². The molecule has 0 bridgehead atoms. The molecule has 0 saturated heterocycles. The minimum absolute atomic E-state index is 0.256. The maximum absolute atomic E-state index is 12.8. The summed E-state index contributed by atoms with van der Waals surface area (Å²) >= 11 is 1.46. The standard InChI is InChI=1S/C16H12FN3S/c17-14-8-6-13(7-9-14)11-18-16-20-19-15(21-16)10-12-4-2-1-3-5-12/h1-9,11H,10H2. The van der Waals surface area contributed by atoms with Crippen LogP contribution in [0.2, 0.25) is 0 Å². The number of aromatic nitrogens is 2. The Morgan fingerprint density at radius 3 is 2.52 bits per heavy atom. The quantitative estimate of drug-likeness (QED) is 0.682. The highest BCUT2D eigenvalue weighted by molar-refractivity contribution is 7.15. The Kier molecular flexibility index (Phi) is 4.12. The molecule has 3 nitrogen and oxygen atoms in total. The number of rotatable bonds is 4. The third-order valence-electron chi connectivity index (χ3n) is 2.85. The first kappa shape index (κ1) is 13.6. The van der Waals surface area contributed by atoms with Crippen molar-refractivity contribution in [3.8, 4) is 0 Å². The predicted octanol–water partition coefficient (Wildman–Crippen LogP) is 4.02. The van der Waals surface area contributed by atoms with Crippen LogP contribution in [0.25, 0.3) is 0 Å². The molecule has 104 valence electrons. The van der Waals surface area contributed by atoms with E-state index in [1.54, 1.807) is 18.3 Å². The highest BCUT2D eigenvalue weighted by Gasteiger charge is 2.03. The predicted molar refractivity (Wildman–Crippen MR) is 82.8 cm³/mol. The van der Waals surface area contributed by atoms with Crippen molar-refractivity contribution in [2.24, 2.45) is 4.99 Å². The largest absolute Gasteiger partial charge is 0.231 e. The van der Waals surface area contributed by atoms with Crippen LogP contribution in [0, 0.1) is 5.82 Å². The summed E-state index contributed by atoms with van der Waals surface area (Å²) in [6.45, 7) is 0. The number of benzene rings is 2. The fourth-order valence-electron chi connectivity index (χ4n) is 1.82. The summed E-state index contributed by atoms with van der Waals surface area (Å²) in [5, 5.41) is 9.70. The molecule has 3 rings (SSSR count). The van der Waals surface area contributed by atoms with Crippen molar-refractivity contribution in [3.63, 3.8) is 0 Å². The Labute approximate surface area is 125 Å². The summed E-state index contributed by atoms with van der Waals surface area (Å²) in [5.74, 6) is -0.256. The van der Waals surface area contributed by atoms with E-state index in [1.165, 1.54) is 29.0 Å². The zero-order chi connectivity index (χ0) is 14.5. The van der Waals surface area contributed by atoms with E-state index in [-0.39, 0.29) is 5.82 Å². The van der Waals surface area contributed by atoms with Crippen molar-refractivity contribution >= 4 is 22.7 Å². The van der Waals surface area contributed by atoms with Crippen molar-refractivity contribution in [2.75, 3.05) is 0 Å². The molecule has 5 heteroatoms. The fraction of sp³-hybridized carbons (Fsp3) is 0.0625. The zero-order valence-electron chi connectivity index (χ0n) is 11.1. The van der Waals surface area contributed by atoms with Crippen LogP contribution in [0.3, 0.4) is 0 Å². The topological polar surface area (TPSA) is 38.1 Å². The third kappa shape index (κ3) is 3.79. The smallest absolute Gasteiger partial charge is 0.226 e. The van der Waals surface area contributed by atoms with Crippen molar-refractivity contribution in [1.29, 1.82) is 0 Å². The van der Waals surface area contributed by atoms with E-state index in [2.05, 4.69) is 27.3 Å². The minimum Gasteiger partial charge on any atom is -0.226 e. The van der Waals surface area contributed by atoms with Gasteiger partial charge in [-0.3, -0.25) is 0 Å². The van der Waals surface area contributed by atoms with Gasteiger partial charge in [0.15, 0.2) is 0 Å². The second kappa shape index (κ2) is 6.37. The van der Waals surface area contributed by atoms with Crippen LogP contribution in [-0.2, 0) is 6.42 Å². The molecule has 0 radical (unpaired) electrons. The van der Waals surface area contributed by atoms with E-state index in [0.29, 0.717) is 5.13 Å². The Morgan fingerprint density at radius 2 is 1.76 bits per heavy atom. The molecular formula is C16H12FN3S. The molecule has 3 aromatic rings. The average Bonchev–Trinajstić information content (AvgIpc) is 2.95. The van der Waals surface area contributed by atoms with Crippen LogP contribution < -0.4 is 0 Å². The van der Waals surface area contributed by atoms with Crippen LogP contribution in [0.4, 0.5) is 9.52 Å². The van der Waals surface area contributed by atoms with Gasteiger partial charge in [-0.05, 0) is 23.3 Å². The van der Waals surface area contributed by atoms with Crippen molar-refractivity contribution < 1.29 is 4.39 Å². The summed E-state index contributed by atoms with van der Waals surface area (Å²) in [5.41, 5.74) is 2.03. The van der Waals surface area contributed by atoms with Crippen LogP contribution in [0.5, 0.6) is 0 Å². The lowest BCUT2D eigenvalue weighted by molar-refractivity contribution is 0.628. The summed E-state index contributed by atoms with van der Waals surface area (Å²) in [7, 11) is 0. The normalized spacial score (nSPS) is 11.1. The summed E-state index contributed by atoms with van der Waals surface area (Å²) in [4.78, 5) is 4.27. The van der Waals surface area contributed by atoms with Crippen LogP contribution in [0.1, 0.15) is 16.1 Å². The van der Waals surface area contributed by atoms with Crippen LogP contribution in [-0.4, -0.2) is 16.4 Å². The van der Waals surface area contributed by atoms with Crippen molar-refractivity contribution in [1.82, 2.24) is 10.2 Å². The first-order valence-electron chi connectivity index (χ1n) is 6.45. The van der Waals surface area contributed by atoms with Gasteiger partial charge < -0.3 is 0 Å². The summed E-state index contributed by atoms with van der Waals surface area (Å²) < 4.78 is 12.8. The van der Waals surface area contributed by atoms with Gasteiger partial charge in [0.25, 0.3) is 0 Å². The monoisotopic (exact) mass is 297 g/mol. The second-order valence-electron chi connectivity index (χ2n) is 4.45. The van der Waals surface area contributed by atoms with Gasteiger partial charge in [-0.1, -0.05) is 53.8 Å². The lowest BCUT2D eigenvalue weighted by atomic mass is 10.2. The molecule has 0 N–H and O–H groups in total. The SMILES string of the molecule is Fc1ccc(C=Nc2nnc(Cc3ccccc3)s2)cc1. The van der Waals surface area contributed by atoms with Gasteiger partial charge in [0.2, 0.25) is 5.13 Å². The number of halogens is 1. The average molecular weight is 297 g/mol. The van der Waals surface area contributed by atoms with E-state index >= 15 is 0 Å². The molecule has 0 spiro atoms. The highest BCUT2D eigenvalue weighted by atomic mass is 32.1. The summed E-state index contributed by atoms with van der Waals surface area (Å²) in [6, 6.07) is 16.3. The molecule has 2 aromatic carbocycles. The second-order valence-corrected chi connectivity index (χ2v) is 5.49. The van der Waals surface area contributed by atoms with Gasteiger partial charge >= 0.3 is 0 Å². The van der Waals surface area contributed by atoms with Crippen molar-refractivity contribution in [3.05, 3.63) is 76.5 Å². The van der Waals surface area contributed by atoms with Crippen LogP contribution >= 0.6 is 11.3 Å². The molecule has 0 aliphatic rings. The molecule has 0 saturated carbocycles. The molecule has 0 aliphatic heterocycles. The Morgan fingerprint density at radius 1 is 1.00 bits per heavy atom. The molecule has 0 aliphatic carbocycles. The minimum atomic E-state index is -0.256. The van der Waals surface area contributed by atoms with E-state index in [4.69, 9.17) is 0 Å². The molecule has 0 fully saturated rings. The van der Waals surface area contributed by atoms with Gasteiger partial charge in [0.05, 0.1) is 0 Å². The van der Waals surface area contributed by atoms with E-state index in [0.717, 1.165) is 17.0 Å². The third-order valence-corrected chi connectivity index (χ3v) is 3.68. The van der Waals surface area contributed by atoms with Gasteiger partial charge in [-0.25, -0.2) is 9.38 Å². The molecule has 0 atom stereocenters. The van der Waals surface area contributed by atoms with Gasteiger partial charge in [-0.15, -0.1) is 10.2 Å². The molecular weight excluding hydrogens is 285 g/mol. The van der Waals surface area contributed by atoms with E-state index in [9.17, 15) is 4.39 Å². The Balaban J connectivity index is 1.69. The number of hydrogen-bond donors (Lipinski definition) is 0. The first-order valence-corrected chi connectivity index (χ1v) is 7.27. The molecule has 0 unspecified atom stereocenters. The number of hydrogen-bond acceptors (Lipinski definition) is 4. The van der Waals surface area contributed by atoms with Gasteiger partial charge in [0, 0.05) is 12.6 Å². The van der Waals surface area contributed by atoms with Crippen molar-refractivity contribution in [2.45, 2.75) is 6.42 Å².